The normalized spacial score (nSPS) is 12.1. The summed E-state index contributed by atoms with van der Waals surface area (Å²) in [5.74, 6) is 0.353. The fourth-order valence-electron chi connectivity index (χ4n) is 2.12. The van der Waals surface area contributed by atoms with Gasteiger partial charge in [0.25, 0.3) is 5.56 Å². The number of hydrogen-bond donors (Lipinski definition) is 1. The van der Waals surface area contributed by atoms with Gasteiger partial charge in [0.05, 0.1) is 5.75 Å². The zero-order valence-electron chi connectivity index (χ0n) is 11.6. The summed E-state index contributed by atoms with van der Waals surface area (Å²) < 4.78 is 23.9. The van der Waals surface area contributed by atoms with Gasteiger partial charge in [-0.2, -0.15) is 0 Å². The molecule has 0 saturated heterocycles. The van der Waals surface area contributed by atoms with Crippen LogP contribution in [0.3, 0.4) is 0 Å². The van der Waals surface area contributed by atoms with Gasteiger partial charge in [0.1, 0.15) is 4.90 Å². The predicted molar refractivity (Wildman–Crippen MR) is 72.8 cm³/mol. The van der Waals surface area contributed by atoms with Crippen LogP contribution in [-0.4, -0.2) is 19.2 Å². The van der Waals surface area contributed by atoms with Crippen molar-refractivity contribution in [3.05, 3.63) is 27.2 Å². The highest BCUT2D eigenvalue weighted by molar-refractivity contribution is 7.91. The quantitative estimate of drug-likeness (QED) is 0.910. The monoisotopic (exact) mass is 271 g/mol. The van der Waals surface area contributed by atoms with Crippen molar-refractivity contribution in [1.29, 1.82) is 0 Å². The predicted octanol–water partition coefficient (Wildman–Crippen LogP) is 1.98. The lowest BCUT2D eigenvalue weighted by atomic mass is 9.98. The van der Waals surface area contributed by atoms with E-state index in [-0.39, 0.29) is 10.6 Å². The molecule has 0 aromatic carbocycles. The van der Waals surface area contributed by atoms with E-state index in [2.05, 4.69) is 18.8 Å². The summed E-state index contributed by atoms with van der Waals surface area (Å²) in [7, 11) is -3.48. The largest absolute Gasteiger partial charge is 0.325 e. The van der Waals surface area contributed by atoms with E-state index in [1.165, 1.54) is 0 Å². The molecule has 0 amide bonds. The lowest BCUT2D eigenvalue weighted by molar-refractivity contribution is 0.593. The first-order valence-electron chi connectivity index (χ1n) is 6.15. The summed E-state index contributed by atoms with van der Waals surface area (Å²) in [5, 5.41) is 0. The van der Waals surface area contributed by atoms with E-state index in [4.69, 9.17) is 0 Å². The van der Waals surface area contributed by atoms with E-state index in [0.717, 1.165) is 17.7 Å². The molecule has 0 aliphatic rings. The van der Waals surface area contributed by atoms with Gasteiger partial charge in [-0.25, -0.2) is 8.42 Å². The molecule has 1 N–H and O–H groups in total. The molecule has 0 bridgehead atoms. The number of pyridine rings is 1. The Hall–Kier alpha value is -1.10. The van der Waals surface area contributed by atoms with Crippen LogP contribution in [0.2, 0.25) is 0 Å². The van der Waals surface area contributed by atoms with Gasteiger partial charge in [0, 0.05) is 5.69 Å². The molecular weight excluding hydrogens is 250 g/mol. The summed E-state index contributed by atoms with van der Waals surface area (Å²) in [6.45, 7) is 9.23. The summed E-state index contributed by atoms with van der Waals surface area (Å²) in [4.78, 5) is 14.5. The van der Waals surface area contributed by atoms with Gasteiger partial charge in [0.15, 0.2) is 9.84 Å². The van der Waals surface area contributed by atoms with E-state index in [1.54, 1.807) is 13.8 Å². The molecule has 102 valence electrons. The molecule has 1 rings (SSSR count). The minimum Gasteiger partial charge on any atom is -0.325 e. The van der Waals surface area contributed by atoms with Crippen molar-refractivity contribution in [2.45, 2.75) is 45.9 Å². The topological polar surface area (TPSA) is 67.0 Å². The highest BCUT2D eigenvalue weighted by Crippen LogP contribution is 2.21. The Labute approximate surface area is 108 Å². The lowest BCUT2D eigenvalue weighted by Crippen LogP contribution is -2.23. The van der Waals surface area contributed by atoms with Gasteiger partial charge >= 0.3 is 0 Å². The Morgan fingerprint density at radius 3 is 2.22 bits per heavy atom. The van der Waals surface area contributed by atoms with Crippen LogP contribution in [-0.2, 0) is 16.3 Å². The molecule has 0 atom stereocenters. The molecule has 0 aliphatic carbocycles. The first-order chi connectivity index (χ1) is 8.20. The lowest BCUT2D eigenvalue weighted by Gasteiger charge is -2.15. The Balaban J connectivity index is 3.61. The van der Waals surface area contributed by atoms with Gasteiger partial charge in [-0.05, 0) is 37.3 Å². The molecule has 0 aliphatic heterocycles. The Kier molecular flexibility index (Phi) is 4.37. The van der Waals surface area contributed by atoms with Gasteiger partial charge in [-0.3, -0.25) is 4.79 Å². The summed E-state index contributed by atoms with van der Waals surface area (Å²) in [5.41, 5.74) is 1.81. The van der Waals surface area contributed by atoms with E-state index >= 15 is 0 Å². The molecular formula is C13H21NO3S. The van der Waals surface area contributed by atoms with Crippen molar-refractivity contribution in [2.75, 3.05) is 5.75 Å². The second-order valence-corrected chi connectivity index (χ2v) is 7.23. The summed E-state index contributed by atoms with van der Waals surface area (Å²) >= 11 is 0. The van der Waals surface area contributed by atoms with E-state index in [0.29, 0.717) is 11.5 Å². The van der Waals surface area contributed by atoms with Crippen LogP contribution in [0, 0.1) is 19.8 Å². The van der Waals surface area contributed by atoms with Crippen LogP contribution in [0.1, 0.15) is 37.6 Å². The van der Waals surface area contributed by atoms with E-state index in [1.807, 2.05) is 6.92 Å². The van der Waals surface area contributed by atoms with Crippen LogP contribution >= 0.6 is 0 Å². The second-order valence-electron chi connectivity index (χ2n) is 5.01. The fraction of sp³-hybridized carbons (Fsp3) is 0.615. The Bertz CT molecular complexity index is 597. The van der Waals surface area contributed by atoms with Crippen molar-refractivity contribution < 1.29 is 8.42 Å². The molecule has 1 aromatic heterocycles. The number of H-pyrrole nitrogens is 1. The smallest absolute Gasteiger partial charge is 0.267 e. The maximum Gasteiger partial charge on any atom is 0.267 e. The molecule has 0 radical (unpaired) electrons. The van der Waals surface area contributed by atoms with E-state index in [9.17, 15) is 13.2 Å². The maximum atomic E-state index is 12.0. The van der Waals surface area contributed by atoms with Crippen molar-refractivity contribution >= 4 is 9.84 Å². The second kappa shape index (κ2) is 5.26. The first-order valence-corrected chi connectivity index (χ1v) is 7.81. The first kappa shape index (κ1) is 15.0. The van der Waals surface area contributed by atoms with Crippen molar-refractivity contribution in [1.82, 2.24) is 4.98 Å². The van der Waals surface area contributed by atoms with Crippen LogP contribution in [0.4, 0.5) is 0 Å². The SMILES string of the molecule is CCS(=O)(=O)c1c(C)c(CC(C)C)c(C)[nH]c1=O. The van der Waals surface area contributed by atoms with Gasteiger partial charge in [-0.15, -0.1) is 0 Å². The number of aromatic nitrogens is 1. The molecule has 0 saturated carbocycles. The maximum absolute atomic E-state index is 12.0. The Morgan fingerprint density at radius 1 is 1.22 bits per heavy atom. The number of aryl methyl sites for hydroxylation is 1. The molecule has 1 heterocycles. The zero-order valence-corrected chi connectivity index (χ0v) is 12.4. The van der Waals surface area contributed by atoms with Crippen LogP contribution in [0.15, 0.2) is 9.69 Å². The third-order valence-corrected chi connectivity index (χ3v) is 4.93. The number of aromatic amines is 1. The minimum absolute atomic E-state index is 0.0545. The van der Waals surface area contributed by atoms with Gasteiger partial charge in [0.2, 0.25) is 0 Å². The van der Waals surface area contributed by atoms with Gasteiger partial charge in [-0.1, -0.05) is 20.8 Å². The average Bonchev–Trinajstić information content (AvgIpc) is 2.23. The molecule has 4 nitrogen and oxygen atoms in total. The number of hydrogen-bond acceptors (Lipinski definition) is 3. The fourth-order valence-corrected chi connectivity index (χ4v) is 3.34. The number of nitrogens with one attached hydrogen (secondary N) is 1. The average molecular weight is 271 g/mol. The molecule has 0 unspecified atom stereocenters. The van der Waals surface area contributed by atoms with Crippen molar-refractivity contribution in [3.63, 3.8) is 0 Å². The molecule has 0 fully saturated rings. The molecule has 0 spiro atoms. The van der Waals surface area contributed by atoms with Crippen molar-refractivity contribution in [2.24, 2.45) is 5.92 Å². The third-order valence-electron chi connectivity index (χ3n) is 3.06. The van der Waals surface area contributed by atoms with Crippen LogP contribution < -0.4 is 5.56 Å². The molecule has 18 heavy (non-hydrogen) atoms. The summed E-state index contributed by atoms with van der Waals surface area (Å²) in [6.07, 6.45) is 0.765. The number of rotatable bonds is 4. The highest BCUT2D eigenvalue weighted by Gasteiger charge is 2.22. The standard InChI is InChI=1S/C13H21NO3S/c1-6-18(16,17)12-9(4)11(7-8(2)3)10(5)14-13(12)15/h8H,6-7H2,1-5H3,(H,14,15). The zero-order chi connectivity index (χ0) is 14.1. The summed E-state index contributed by atoms with van der Waals surface area (Å²) in [6, 6.07) is 0. The molecule has 5 heteroatoms. The molecule has 1 aromatic rings. The van der Waals surface area contributed by atoms with Crippen LogP contribution in [0.25, 0.3) is 0 Å². The third kappa shape index (κ3) is 2.83. The minimum atomic E-state index is -3.48. The highest BCUT2D eigenvalue weighted by atomic mass is 32.2. The van der Waals surface area contributed by atoms with E-state index < -0.39 is 15.4 Å². The van der Waals surface area contributed by atoms with Gasteiger partial charge < -0.3 is 4.98 Å². The van der Waals surface area contributed by atoms with Crippen molar-refractivity contribution in [3.8, 4) is 0 Å². The number of sulfone groups is 1. The van der Waals surface area contributed by atoms with Crippen LogP contribution in [0.5, 0.6) is 0 Å². The Morgan fingerprint density at radius 2 is 1.78 bits per heavy atom.